The fourth-order valence-corrected chi connectivity index (χ4v) is 2.78. The average Bonchev–Trinajstić information content (AvgIpc) is 2.99. The normalized spacial score (nSPS) is 22.1. The Labute approximate surface area is 107 Å². The first-order chi connectivity index (χ1) is 8.74. The van der Waals surface area contributed by atoms with E-state index >= 15 is 0 Å². The molecule has 0 aromatic heterocycles. The number of benzene rings is 1. The van der Waals surface area contributed by atoms with Gasteiger partial charge in [0.1, 0.15) is 0 Å². The lowest BCUT2D eigenvalue weighted by molar-refractivity contribution is -0.117. The topological polar surface area (TPSA) is 44.4 Å². The van der Waals surface area contributed by atoms with E-state index in [1.165, 1.54) is 11.3 Å². The minimum Gasteiger partial charge on any atom is -0.374 e. The third-order valence-corrected chi connectivity index (χ3v) is 3.85. The summed E-state index contributed by atoms with van der Waals surface area (Å²) in [4.78, 5) is 14.2. The molecule has 1 atom stereocenters. The van der Waals surface area contributed by atoms with Crippen molar-refractivity contribution in [3.63, 3.8) is 0 Å². The van der Waals surface area contributed by atoms with E-state index in [1.807, 2.05) is 6.07 Å². The van der Waals surface area contributed by atoms with Crippen LogP contribution in [0.15, 0.2) is 18.2 Å². The number of amides is 1. The van der Waals surface area contributed by atoms with Crippen LogP contribution in [0, 0.1) is 0 Å². The molecule has 0 unspecified atom stereocenters. The molecule has 2 aliphatic heterocycles. The lowest BCUT2D eigenvalue weighted by atomic mass is 10.1. The van der Waals surface area contributed by atoms with Gasteiger partial charge in [-0.3, -0.25) is 4.79 Å². The fourth-order valence-electron chi connectivity index (χ4n) is 2.78. The van der Waals surface area contributed by atoms with Crippen LogP contribution in [-0.4, -0.2) is 32.1 Å². The van der Waals surface area contributed by atoms with Crippen molar-refractivity contribution in [2.45, 2.75) is 25.3 Å². The summed E-state index contributed by atoms with van der Waals surface area (Å²) in [5.41, 5.74) is 3.53. The van der Waals surface area contributed by atoms with Crippen molar-refractivity contribution in [3.8, 4) is 0 Å². The Balaban J connectivity index is 1.72. The number of carbonyl (C=O) groups is 1. The molecule has 0 saturated carbocycles. The molecule has 96 valence electrons. The standard InChI is InChI=1S/C14H19N3O/c1-17-8-6-10-9-11(4-5-13(10)17)16-14(18)12-3-2-7-15-12/h4-5,9,12,15H,2-3,6-8H2,1H3,(H,16,18)/t12-/m0/s1. The van der Waals surface area contributed by atoms with Gasteiger partial charge in [-0.1, -0.05) is 0 Å². The number of likely N-dealkylation sites (N-methyl/N-ethyl adjacent to an activating group) is 1. The van der Waals surface area contributed by atoms with E-state index in [-0.39, 0.29) is 11.9 Å². The third-order valence-electron chi connectivity index (χ3n) is 3.85. The molecule has 0 spiro atoms. The van der Waals surface area contributed by atoms with Crippen molar-refractivity contribution in [1.29, 1.82) is 0 Å². The molecule has 2 heterocycles. The molecule has 1 amide bonds. The molecule has 0 radical (unpaired) electrons. The number of anilines is 2. The maximum Gasteiger partial charge on any atom is 0.241 e. The molecule has 2 aliphatic rings. The Hall–Kier alpha value is -1.55. The van der Waals surface area contributed by atoms with E-state index in [1.54, 1.807) is 0 Å². The summed E-state index contributed by atoms with van der Waals surface area (Å²) < 4.78 is 0. The van der Waals surface area contributed by atoms with Crippen molar-refractivity contribution in [1.82, 2.24) is 5.32 Å². The van der Waals surface area contributed by atoms with E-state index < -0.39 is 0 Å². The zero-order valence-electron chi connectivity index (χ0n) is 10.7. The number of nitrogens with zero attached hydrogens (tertiary/aromatic N) is 1. The monoisotopic (exact) mass is 245 g/mol. The van der Waals surface area contributed by atoms with Gasteiger partial charge in [-0.2, -0.15) is 0 Å². The second-order valence-electron chi connectivity index (χ2n) is 5.15. The number of fused-ring (bicyclic) bond motifs is 1. The highest BCUT2D eigenvalue weighted by molar-refractivity contribution is 5.95. The molecule has 1 fully saturated rings. The van der Waals surface area contributed by atoms with Crippen LogP contribution in [0.25, 0.3) is 0 Å². The van der Waals surface area contributed by atoms with Gasteiger partial charge in [0.25, 0.3) is 0 Å². The van der Waals surface area contributed by atoms with Crippen LogP contribution in [-0.2, 0) is 11.2 Å². The molecule has 4 heteroatoms. The predicted molar refractivity (Wildman–Crippen MR) is 73.1 cm³/mol. The lowest BCUT2D eigenvalue weighted by Gasteiger charge is -2.14. The minimum atomic E-state index is -0.0130. The van der Waals surface area contributed by atoms with Crippen LogP contribution in [0.2, 0.25) is 0 Å². The van der Waals surface area contributed by atoms with Gasteiger partial charge in [0.15, 0.2) is 0 Å². The highest BCUT2D eigenvalue weighted by Gasteiger charge is 2.22. The Morgan fingerprint density at radius 1 is 1.50 bits per heavy atom. The molecule has 0 bridgehead atoms. The van der Waals surface area contributed by atoms with Gasteiger partial charge in [-0.25, -0.2) is 0 Å². The highest BCUT2D eigenvalue weighted by Crippen LogP contribution is 2.29. The number of rotatable bonds is 2. The van der Waals surface area contributed by atoms with Gasteiger partial charge in [0.2, 0.25) is 5.91 Å². The maximum atomic E-state index is 12.0. The third kappa shape index (κ3) is 2.08. The van der Waals surface area contributed by atoms with Gasteiger partial charge in [0.05, 0.1) is 6.04 Å². The smallest absolute Gasteiger partial charge is 0.241 e. The zero-order chi connectivity index (χ0) is 12.5. The second kappa shape index (κ2) is 4.61. The second-order valence-corrected chi connectivity index (χ2v) is 5.15. The van der Waals surface area contributed by atoms with Crippen LogP contribution in [0.5, 0.6) is 0 Å². The van der Waals surface area contributed by atoms with Gasteiger partial charge >= 0.3 is 0 Å². The summed E-state index contributed by atoms with van der Waals surface area (Å²) in [5, 5.41) is 6.22. The van der Waals surface area contributed by atoms with Gasteiger partial charge in [-0.15, -0.1) is 0 Å². The molecule has 1 aromatic carbocycles. The van der Waals surface area contributed by atoms with E-state index in [2.05, 4.69) is 34.7 Å². The first-order valence-electron chi connectivity index (χ1n) is 6.62. The predicted octanol–water partition coefficient (Wildman–Crippen LogP) is 1.37. The van der Waals surface area contributed by atoms with Crippen molar-refractivity contribution in [3.05, 3.63) is 23.8 Å². The van der Waals surface area contributed by atoms with Crippen molar-refractivity contribution >= 4 is 17.3 Å². The van der Waals surface area contributed by atoms with Crippen molar-refractivity contribution < 1.29 is 4.79 Å². The van der Waals surface area contributed by atoms with E-state index in [0.717, 1.165) is 38.0 Å². The molecule has 18 heavy (non-hydrogen) atoms. The van der Waals surface area contributed by atoms with Gasteiger partial charge < -0.3 is 15.5 Å². The van der Waals surface area contributed by atoms with E-state index in [0.29, 0.717) is 0 Å². The Morgan fingerprint density at radius 2 is 2.39 bits per heavy atom. The Bertz CT molecular complexity index is 466. The van der Waals surface area contributed by atoms with Crippen LogP contribution in [0.4, 0.5) is 11.4 Å². The summed E-state index contributed by atoms with van der Waals surface area (Å²) >= 11 is 0. The summed E-state index contributed by atoms with van der Waals surface area (Å²) in [6.07, 6.45) is 3.10. The highest BCUT2D eigenvalue weighted by atomic mass is 16.2. The van der Waals surface area contributed by atoms with E-state index in [9.17, 15) is 4.79 Å². The van der Waals surface area contributed by atoms with Crippen LogP contribution in [0.1, 0.15) is 18.4 Å². The molecule has 3 rings (SSSR count). The minimum absolute atomic E-state index is 0.0130. The van der Waals surface area contributed by atoms with Crippen molar-refractivity contribution in [2.24, 2.45) is 0 Å². The Kier molecular flexibility index (Phi) is 2.96. The van der Waals surface area contributed by atoms with Crippen LogP contribution >= 0.6 is 0 Å². The largest absolute Gasteiger partial charge is 0.374 e. The molecule has 1 saturated heterocycles. The number of carbonyl (C=O) groups excluding carboxylic acids is 1. The summed E-state index contributed by atoms with van der Waals surface area (Å²) in [5.74, 6) is 0.0961. The average molecular weight is 245 g/mol. The maximum absolute atomic E-state index is 12.0. The van der Waals surface area contributed by atoms with E-state index in [4.69, 9.17) is 0 Å². The molecular weight excluding hydrogens is 226 g/mol. The lowest BCUT2D eigenvalue weighted by Crippen LogP contribution is -2.35. The summed E-state index contributed by atoms with van der Waals surface area (Å²) in [6, 6.07) is 6.18. The number of hydrogen-bond acceptors (Lipinski definition) is 3. The van der Waals surface area contributed by atoms with Crippen molar-refractivity contribution in [2.75, 3.05) is 30.4 Å². The molecule has 2 N–H and O–H groups in total. The molecule has 0 aliphatic carbocycles. The number of hydrogen-bond donors (Lipinski definition) is 2. The summed E-state index contributed by atoms with van der Waals surface area (Å²) in [6.45, 7) is 2.02. The number of nitrogens with one attached hydrogen (secondary N) is 2. The molecule has 1 aromatic rings. The summed E-state index contributed by atoms with van der Waals surface area (Å²) in [7, 11) is 2.10. The quantitative estimate of drug-likeness (QED) is 0.827. The van der Waals surface area contributed by atoms with Crippen LogP contribution in [0.3, 0.4) is 0 Å². The Morgan fingerprint density at radius 3 is 3.17 bits per heavy atom. The fraction of sp³-hybridized carbons (Fsp3) is 0.500. The molecule has 4 nitrogen and oxygen atoms in total. The first-order valence-corrected chi connectivity index (χ1v) is 6.62. The van der Waals surface area contributed by atoms with Gasteiger partial charge in [0, 0.05) is 25.0 Å². The zero-order valence-corrected chi connectivity index (χ0v) is 10.7. The SMILES string of the molecule is CN1CCc2cc(NC(=O)[C@@H]3CCCN3)ccc21. The van der Waals surface area contributed by atoms with Gasteiger partial charge in [-0.05, 0) is 49.6 Å². The molecular formula is C14H19N3O. The first kappa shape index (κ1) is 11.5. The van der Waals surface area contributed by atoms with Crippen LogP contribution < -0.4 is 15.5 Å².